The number of benzene rings is 2. The molecule has 1 aliphatic heterocycles. The zero-order chi connectivity index (χ0) is 23.9. The van der Waals surface area contributed by atoms with Gasteiger partial charge in [0.1, 0.15) is 0 Å². The van der Waals surface area contributed by atoms with E-state index in [1.807, 2.05) is 32.9 Å². The molecular formula is C26H33N3O2S2. The summed E-state index contributed by atoms with van der Waals surface area (Å²) in [5.74, 6) is 0. The molecule has 1 aliphatic rings. The molecule has 2 heterocycles. The van der Waals surface area contributed by atoms with Crippen LogP contribution in [0.2, 0.25) is 0 Å². The van der Waals surface area contributed by atoms with E-state index in [-0.39, 0.29) is 0 Å². The van der Waals surface area contributed by atoms with Crippen LogP contribution in [0, 0.1) is 41.5 Å². The number of hydrogen-bond acceptors (Lipinski definition) is 5. The molecule has 2 aromatic carbocycles. The lowest BCUT2D eigenvalue weighted by molar-refractivity contribution is 0.384. The summed E-state index contributed by atoms with van der Waals surface area (Å²) in [5, 5.41) is 3.11. The molecule has 0 radical (unpaired) electrons. The molecule has 0 saturated carbocycles. The summed E-state index contributed by atoms with van der Waals surface area (Å²) in [5.41, 5.74) is 9.05. The van der Waals surface area contributed by atoms with Gasteiger partial charge in [0.05, 0.1) is 10.6 Å². The highest BCUT2D eigenvalue weighted by Crippen LogP contribution is 2.29. The molecule has 1 fully saturated rings. The Kier molecular flexibility index (Phi) is 6.67. The van der Waals surface area contributed by atoms with E-state index in [4.69, 9.17) is 4.98 Å². The molecule has 0 spiro atoms. The Bertz CT molecular complexity index is 1240. The van der Waals surface area contributed by atoms with Crippen molar-refractivity contribution in [2.75, 3.05) is 31.1 Å². The normalized spacial score (nSPS) is 15.3. The predicted molar refractivity (Wildman–Crippen MR) is 137 cm³/mol. The molecule has 33 heavy (non-hydrogen) atoms. The number of aromatic nitrogens is 1. The fraction of sp³-hybridized carbons (Fsp3) is 0.423. The fourth-order valence-electron chi connectivity index (χ4n) is 5.02. The van der Waals surface area contributed by atoms with Gasteiger partial charge in [0.15, 0.2) is 5.13 Å². The molecular weight excluding hydrogens is 450 g/mol. The van der Waals surface area contributed by atoms with E-state index in [0.717, 1.165) is 33.9 Å². The maximum absolute atomic E-state index is 13.4. The Labute approximate surface area is 202 Å². The Balaban J connectivity index is 1.46. The topological polar surface area (TPSA) is 53.5 Å². The van der Waals surface area contributed by atoms with E-state index in [9.17, 15) is 8.42 Å². The van der Waals surface area contributed by atoms with E-state index in [2.05, 4.69) is 43.2 Å². The standard InChI is InChI=1S/C26H33N3O2S2/c1-17-11-19(3)24(20(4)12-17)15-23-16-32-26(27-23)28-7-9-29(10-8-28)33(30,31)25-21(5)13-18(2)14-22(25)6/h11-14,16H,7-10,15H2,1-6H3. The quantitative estimate of drug-likeness (QED) is 0.507. The molecule has 0 bridgehead atoms. The van der Waals surface area contributed by atoms with Crippen LogP contribution in [-0.4, -0.2) is 43.9 Å². The lowest BCUT2D eigenvalue weighted by Crippen LogP contribution is -2.48. The average Bonchev–Trinajstić information content (AvgIpc) is 3.18. The minimum atomic E-state index is -3.50. The highest BCUT2D eigenvalue weighted by Gasteiger charge is 2.31. The van der Waals surface area contributed by atoms with Gasteiger partial charge >= 0.3 is 0 Å². The smallest absolute Gasteiger partial charge is 0.243 e. The first-order valence-electron chi connectivity index (χ1n) is 11.4. The van der Waals surface area contributed by atoms with Crippen LogP contribution in [0.3, 0.4) is 0 Å². The molecule has 1 aromatic heterocycles. The molecule has 1 saturated heterocycles. The minimum Gasteiger partial charge on any atom is -0.345 e. The van der Waals surface area contributed by atoms with Gasteiger partial charge in [-0.2, -0.15) is 4.31 Å². The number of sulfonamides is 1. The third kappa shape index (κ3) is 4.86. The Morgan fingerprint density at radius 1 is 0.818 bits per heavy atom. The number of anilines is 1. The number of rotatable bonds is 5. The monoisotopic (exact) mass is 483 g/mol. The molecule has 0 aliphatic carbocycles. The molecule has 176 valence electrons. The van der Waals surface area contributed by atoms with Crippen molar-refractivity contribution in [3.8, 4) is 0 Å². The van der Waals surface area contributed by atoms with E-state index in [1.54, 1.807) is 15.6 Å². The van der Waals surface area contributed by atoms with Crippen molar-refractivity contribution in [2.24, 2.45) is 0 Å². The summed E-state index contributed by atoms with van der Waals surface area (Å²) in [6, 6.07) is 8.36. The minimum absolute atomic E-state index is 0.460. The Hall–Kier alpha value is -2.22. The first kappa shape index (κ1) is 23.9. The molecule has 0 N–H and O–H groups in total. The van der Waals surface area contributed by atoms with Crippen molar-refractivity contribution in [3.05, 3.63) is 74.3 Å². The summed E-state index contributed by atoms with van der Waals surface area (Å²) in [4.78, 5) is 7.57. The molecule has 0 atom stereocenters. The van der Waals surface area contributed by atoms with Crippen LogP contribution < -0.4 is 4.90 Å². The van der Waals surface area contributed by atoms with Gasteiger partial charge < -0.3 is 4.90 Å². The second-order valence-electron chi connectivity index (χ2n) is 9.29. The lowest BCUT2D eigenvalue weighted by atomic mass is 9.96. The highest BCUT2D eigenvalue weighted by atomic mass is 32.2. The lowest BCUT2D eigenvalue weighted by Gasteiger charge is -2.34. The van der Waals surface area contributed by atoms with Gasteiger partial charge in [0.2, 0.25) is 10.0 Å². The number of nitrogens with zero attached hydrogens (tertiary/aromatic N) is 3. The van der Waals surface area contributed by atoms with Crippen LogP contribution >= 0.6 is 11.3 Å². The van der Waals surface area contributed by atoms with Crippen LogP contribution in [0.1, 0.15) is 44.6 Å². The number of thiazole rings is 1. The molecule has 3 aromatic rings. The van der Waals surface area contributed by atoms with E-state index in [1.165, 1.54) is 22.3 Å². The third-order valence-electron chi connectivity index (χ3n) is 6.45. The van der Waals surface area contributed by atoms with Crippen molar-refractivity contribution in [1.29, 1.82) is 0 Å². The Morgan fingerprint density at radius 3 is 1.88 bits per heavy atom. The SMILES string of the molecule is Cc1cc(C)c(Cc2csc(N3CCN(S(=O)(=O)c4c(C)cc(C)cc4C)CC3)n2)c(C)c1. The second-order valence-corrected chi connectivity index (χ2v) is 12.0. The molecule has 5 nitrogen and oxygen atoms in total. The predicted octanol–water partition coefficient (Wildman–Crippen LogP) is 5.10. The Morgan fingerprint density at radius 2 is 1.33 bits per heavy atom. The van der Waals surface area contributed by atoms with Crippen LogP contribution in [0.25, 0.3) is 0 Å². The summed E-state index contributed by atoms with van der Waals surface area (Å²) in [7, 11) is -3.50. The summed E-state index contributed by atoms with van der Waals surface area (Å²) in [6.45, 7) is 14.5. The summed E-state index contributed by atoms with van der Waals surface area (Å²) < 4.78 is 28.4. The van der Waals surface area contributed by atoms with Crippen molar-refractivity contribution in [1.82, 2.24) is 9.29 Å². The van der Waals surface area contributed by atoms with Gasteiger partial charge in [-0.05, 0) is 69.4 Å². The van der Waals surface area contributed by atoms with Crippen LogP contribution in [0.15, 0.2) is 34.5 Å². The van der Waals surface area contributed by atoms with Crippen LogP contribution in [-0.2, 0) is 16.4 Å². The number of aryl methyl sites for hydroxylation is 6. The molecule has 0 amide bonds. The van der Waals surface area contributed by atoms with Crippen molar-refractivity contribution in [3.63, 3.8) is 0 Å². The average molecular weight is 484 g/mol. The van der Waals surface area contributed by atoms with Crippen molar-refractivity contribution >= 4 is 26.5 Å². The van der Waals surface area contributed by atoms with Gasteiger partial charge in [0.25, 0.3) is 0 Å². The zero-order valence-electron chi connectivity index (χ0n) is 20.4. The first-order valence-corrected chi connectivity index (χ1v) is 13.7. The highest BCUT2D eigenvalue weighted by molar-refractivity contribution is 7.89. The van der Waals surface area contributed by atoms with Gasteiger partial charge in [-0.3, -0.25) is 0 Å². The van der Waals surface area contributed by atoms with Crippen molar-refractivity contribution < 1.29 is 8.42 Å². The van der Waals surface area contributed by atoms with Gasteiger partial charge in [-0.1, -0.05) is 35.4 Å². The largest absolute Gasteiger partial charge is 0.345 e. The maximum atomic E-state index is 13.4. The summed E-state index contributed by atoms with van der Waals surface area (Å²) in [6.07, 6.45) is 0.828. The van der Waals surface area contributed by atoms with Crippen molar-refractivity contribution in [2.45, 2.75) is 52.9 Å². The van der Waals surface area contributed by atoms with Gasteiger partial charge in [0, 0.05) is 38.0 Å². The third-order valence-corrected chi connectivity index (χ3v) is 9.60. The van der Waals surface area contributed by atoms with E-state index in [0.29, 0.717) is 31.1 Å². The number of piperazine rings is 1. The fourth-order valence-corrected chi connectivity index (χ4v) is 7.73. The number of hydrogen-bond donors (Lipinski definition) is 0. The zero-order valence-corrected chi connectivity index (χ0v) is 22.0. The molecule has 4 rings (SSSR count). The van der Waals surface area contributed by atoms with Crippen LogP contribution in [0.5, 0.6) is 0 Å². The molecule has 7 heteroatoms. The second kappa shape index (κ2) is 9.20. The summed E-state index contributed by atoms with van der Waals surface area (Å²) >= 11 is 1.65. The van der Waals surface area contributed by atoms with E-state index < -0.39 is 10.0 Å². The van der Waals surface area contributed by atoms with E-state index >= 15 is 0 Å². The first-order chi connectivity index (χ1) is 15.6. The van der Waals surface area contributed by atoms with Gasteiger partial charge in [-0.15, -0.1) is 11.3 Å². The maximum Gasteiger partial charge on any atom is 0.243 e. The van der Waals surface area contributed by atoms with Gasteiger partial charge in [-0.25, -0.2) is 13.4 Å². The molecule has 0 unspecified atom stereocenters. The van der Waals surface area contributed by atoms with Crippen LogP contribution in [0.4, 0.5) is 5.13 Å².